The average Bonchev–Trinajstić information content (AvgIpc) is 3.13. The number of fused-ring (bicyclic) bond motifs is 1. The van der Waals surface area contributed by atoms with E-state index in [1.807, 2.05) is 30.3 Å². The number of Topliss-reactive ketones (excluding diaryl/α,β-unsaturated/α-hetero) is 1. The van der Waals surface area contributed by atoms with Crippen molar-refractivity contribution in [2.45, 2.75) is 26.2 Å². The second-order valence-electron chi connectivity index (χ2n) is 7.28. The summed E-state index contributed by atoms with van der Waals surface area (Å²) in [5.41, 5.74) is 5.38. The minimum atomic E-state index is -0.0603. The smallest absolute Gasteiger partial charge is 0.224 e. The Labute approximate surface area is 175 Å². The van der Waals surface area contributed by atoms with Gasteiger partial charge >= 0.3 is 0 Å². The molecule has 1 amide bonds. The molecule has 0 fully saturated rings. The van der Waals surface area contributed by atoms with E-state index in [2.05, 4.69) is 27.4 Å². The second kappa shape index (κ2) is 8.74. The number of hydrogen-bond donors (Lipinski definition) is 2. The number of aromatic amines is 1. The fraction of sp³-hybridized carbons (Fsp3) is 0.160. The van der Waals surface area contributed by atoms with E-state index in [-0.39, 0.29) is 11.7 Å². The lowest BCUT2D eigenvalue weighted by atomic mass is 10.0. The van der Waals surface area contributed by atoms with E-state index in [0.717, 1.165) is 28.7 Å². The highest BCUT2D eigenvalue weighted by atomic mass is 16.1. The summed E-state index contributed by atoms with van der Waals surface area (Å²) < 4.78 is 0. The van der Waals surface area contributed by atoms with Crippen molar-refractivity contribution >= 4 is 28.3 Å². The van der Waals surface area contributed by atoms with Gasteiger partial charge < -0.3 is 10.3 Å². The van der Waals surface area contributed by atoms with Gasteiger partial charge in [-0.3, -0.25) is 14.6 Å². The van der Waals surface area contributed by atoms with Crippen molar-refractivity contribution in [3.8, 4) is 11.4 Å². The van der Waals surface area contributed by atoms with Gasteiger partial charge in [-0.25, -0.2) is 0 Å². The number of H-pyrrole nitrogens is 1. The van der Waals surface area contributed by atoms with E-state index in [0.29, 0.717) is 24.1 Å². The topological polar surface area (TPSA) is 74.8 Å². The molecule has 0 atom stereocenters. The van der Waals surface area contributed by atoms with Crippen LogP contribution >= 0.6 is 0 Å². The maximum Gasteiger partial charge on any atom is 0.224 e. The fourth-order valence-corrected chi connectivity index (χ4v) is 3.65. The number of para-hydroxylation sites is 1. The molecule has 5 heteroatoms. The molecule has 0 radical (unpaired) electrons. The Morgan fingerprint density at radius 3 is 2.63 bits per heavy atom. The molecule has 30 heavy (non-hydrogen) atoms. The van der Waals surface area contributed by atoms with E-state index < -0.39 is 0 Å². The average molecular weight is 397 g/mol. The number of rotatable bonds is 7. The monoisotopic (exact) mass is 397 g/mol. The van der Waals surface area contributed by atoms with Crippen molar-refractivity contribution in [2.24, 2.45) is 0 Å². The van der Waals surface area contributed by atoms with Gasteiger partial charge in [-0.1, -0.05) is 36.4 Å². The van der Waals surface area contributed by atoms with Gasteiger partial charge in [0.2, 0.25) is 5.91 Å². The molecule has 5 nitrogen and oxygen atoms in total. The largest absolute Gasteiger partial charge is 0.353 e. The van der Waals surface area contributed by atoms with E-state index in [1.54, 1.807) is 30.5 Å². The Kier molecular flexibility index (Phi) is 5.70. The molecular weight excluding hydrogens is 374 g/mol. The zero-order valence-corrected chi connectivity index (χ0v) is 16.8. The van der Waals surface area contributed by atoms with E-state index in [4.69, 9.17) is 0 Å². The van der Waals surface area contributed by atoms with Gasteiger partial charge in [0.1, 0.15) is 0 Å². The third-order valence-corrected chi connectivity index (χ3v) is 5.12. The molecular formula is C25H23N3O2. The summed E-state index contributed by atoms with van der Waals surface area (Å²) >= 11 is 0. The number of ketones is 1. The molecule has 0 aliphatic rings. The number of nitrogens with zero attached hydrogens (tertiary/aromatic N) is 1. The number of carbonyl (C=O) groups is 2. The van der Waals surface area contributed by atoms with Gasteiger partial charge in [0.15, 0.2) is 5.78 Å². The van der Waals surface area contributed by atoms with Gasteiger partial charge in [-0.2, -0.15) is 0 Å². The number of amides is 1. The van der Waals surface area contributed by atoms with Gasteiger partial charge in [0, 0.05) is 34.8 Å². The highest BCUT2D eigenvalue weighted by Gasteiger charge is 2.14. The molecule has 2 N–H and O–H groups in total. The van der Waals surface area contributed by atoms with Crippen molar-refractivity contribution in [1.29, 1.82) is 0 Å². The molecule has 0 bridgehead atoms. The standard InChI is InChI=1S/C25H23N3O2/c1-17(29)18-8-6-9-19(16-18)27-24(30)14-7-11-21-20-10-2-3-12-22(20)28-25(21)23-13-4-5-15-26-23/h2-6,8-10,12-13,15-16,28H,7,11,14H2,1H3,(H,27,30). The van der Waals surface area contributed by atoms with Crippen LogP contribution in [0.4, 0.5) is 5.69 Å². The predicted molar refractivity (Wildman–Crippen MR) is 120 cm³/mol. The zero-order valence-electron chi connectivity index (χ0n) is 16.8. The second-order valence-corrected chi connectivity index (χ2v) is 7.28. The number of benzene rings is 2. The first-order valence-electron chi connectivity index (χ1n) is 10.0. The third kappa shape index (κ3) is 4.30. The first-order chi connectivity index (χ1) is 14.6. The van der Waals surface area contributed by atoms with Crippen molar-refractivity contribution in [2.75, 3.05) is 5.32 Å². The summed E-state index contributed by atoms with van der Waals surface area (Å²) in [7, 11) is 0. The number of anilines is 1. The normalized spacial score (nSPS) is 10.8. The van der Waals surface area contributed by atoms with Crippen molar-refractivity contribution in [3.63, 3.8) is 0 Å². The first kappa shape index (κ1) is 19.6. The molecule has 4 aromatic rings. The van der Waals surface area contributed by atoms with Crippen LogP contribution in [0.25, 0.3) is 22.3 Å². The summed E-state index contributed by atoms with van der Waals surface area (Å²) in [4.78, 5) is 31.9. The zero-order chi connectivity index (χ0) is 20.9. The molecule has 4 rings (SSSR count). The Hall–Kier alpha value is -3.73. The van der Waals surface area contributed by atoms with E-state index >= 15 is 0 Å². The predicted octanol–water partition coefficient (Wildman–Crippen LogP) is 5.39. The summed E-state index contributed by atoms with van der Waals surface area (Å²) in [5, 5.41) is 4.05. The third-order valence-electron chi connectivity index (χ3n) is 5.12. The van der Waals surface area contributed by atoms with Crippen molar-refractivity contribution in [1.82, 2.24) is 9.97 Å². The van der Waals surface area contributed by atoms with Crippen LogP contribution in [-0.2, 0) is 11.2 Å². The summed E-state index contributed by atoms with van der Waals surface area (Å²) in [6.07, 6.45) is 3.65. The summed E-state index contributed by atoms with van der Waals surface area (Å²) in [6, 6.07) is 21.1. The Morgan fingerprint density at radius 1 is 1.00 bits per heavy atom. The number of pyridine rings is 1. The van der Waals surface area contributed by atoms with E-state index in [9.17, 15) is 9.59 Å². The Balaban J connectivity index is 1.47. The van der Waals surface area contributed by atoms with Gasteiger partial charge in [-0.05, 0) is 55.7 Å². The summed E-state index contributed by atoms with van der Waals surface area (Å²) in [5.74, 6) is -0.0811. The van der Waals surface area contributed by atoms with Crippen molar-refractivity contribution in [3.05, 3.63) is 84.1 Å². The molecule has 0 spiro atoms. The van der Waals surface area contributed by atoms with E-state index in [1.165, 1.54) is 12.5 Å². The number of hydrogen-bond acceptors (Lipinski definition) is 3. The van der Waals surface area contributed by atoms with Crippen LogP contribution in [0.5, 0.6) is 0 Å². The van der Waals surface area contributed by atoms with Crippen LogP contribution in [0.3, 0.4) is 0 Å². The van der Waals surface area contributed by atoms with Crippen LogP contribution in [0.15, 0.2) is 72.9 Å². The number of aryl methyl sites for hydroxylation is 1. The molecule has 2 aromatic heterocycles. The van der Waals surface area contributed by atoms with Gasteiger partial charge in [0.05, 0.1) is 11.4 Å². The lowest BCUT2D eigenvalue weighted by Gasteiger charge is -2.07. The molecule has 0 aliphatic heterocycles. The first-order valence-corrected chi connectivity index (χ1v) is 10.0. The highest BCUT2D eigenvalue weighted by molar-refractivity contribution is 5.97. The minimum absolute atomic E-state index is 0.0208. The van der Waals surface area contributed by atoms with Crippen LogP contribution in [0.1, 0.15) is 35.7 Å². The molecule has 2 heterocycles. The Morgan fingerprint density at radius 2 is 1.83 bits per heavy atom. The molecule has 150 valence electrons. The number of carbonyl (C=O) groups excluding carboxylic acids is 2. The van der Waals surface area contributed by atoms with Crippen molar-refractivity contribution < 1.29 is 9.59 Å². The molecule has 2 aromatic carbocycles. The lowest BCUT2D eigenvalue weighted by Crippen LogP contribution is -2.12. The van der Waals surface area contributed by atoms with Crippen LogP contribution in [0, 0.1) is 0 Å². The number of nitrogens with one attached hydrogen (secondary N) is 2. The van der Waals surface area contributed by atoms with Crippen LogP contribution < -0.4 is 5.32 Å². The molecule has 0 aliphatic carbocycles. The Bertz CT molecular complexity index is 1200. The van der Waals surface area contributed by atoms with Gasteiger partial charge in [0.25, 0.3) is 0 Å². The van der Waals surface area contributed by atoms with Crippen LogP contribution in [0.2, 0.25) is 0 Å². The fourth-order valence-electron chi connectivity index (χ4n) is 3.65. The van der Waals surface area contributed by atoms with Gasteiger partial charge in [-0.15, -0.1) is 0 Å². The maximum atomic E-state index is 12.4. The molecule has 0 unspecified atom stereocenters. The quantitative estimate of drug-likeness (QED) is 0.410. The highest BCUT2D eigenvalue weighted by Crippen LogP contribution is 2.30. The lowest BCUT2D eigenvalue weighted by molar-refractivity contribution is -0.116. The maximum absolute atomic E-state index is 12.4. The van der Waals surface area contributed by atoms with Crippen LogP contribution in [-0.4, -0.2) is 21.7 Å². The summed E-state index contributed by atoms with van der Waals surface area (Å²) in [6.45, 7) is 1.52. The minimum Gasteiger partial charge on any atom is -0.353 e. The molecule has 0 saturated heterocycles. The molecule has 0 saturated carbocycles. The number of aromatic nitrogens is 2. The SMILES string of the molecule is CC(=O)c1cccc(NC(=O)CCCc2c(-c3ccccn3)[nH]c3ccccc23)c1.